The predicted molar refractivity (Wildman–Crippen MR) is 149 cm³/mol. The number of halogens is 1. The highest BCUT2D eigenvalue weighted by atomic mass is 35.5. The van der Waals surface area contributed by atoms with E-state index in [1.165, 1.54) is 6.20 Å². The van der Waals surface area contributed by atoms with Crippen LogP contribution in [0.15, 0.2) is 59.7 Å². The number of amides is 1. The van der Waals surface area contributed by atoms with Gasteiger partial charge in [-0.15, -0.1) is 0 Å². The minimum absolute atomic E-state index is 0.241. The fourth-order valence-corrected chi connectivity index (χ4v) is 4.30. The summed E-state index contributed by atoms with van der Waals surface area (Å²) in [6.45, 7) is 7.99. The van der Waals surface area contributed by atoms with Crippen molar-refractivity contribution in [2.24, 2.45) is 0 Å². The van der Waals surface area contributed by atoms with Crippen LogP contribution in [0.2, 0.25) is 5.02 Å². The van der Waals surface area contributed by atoms with Crippen molar-refractivity contribution in [2.45, 2.75) is 26.4 Å². The Kier molecular flexibility index (Phi) is 7.25. The monoisotopic (exact) mass is 549 g/mol. The molecule has 1 amide bonds. The Morgan fingerprint density at radius 3 is 2.54 bits per heavy atom. The van der Waals surface area contributed by atoms with Crippen LogP contribution in [0.3, 0.4) is 0 Å². The van der Waals surface area contributed by atoms with Gasteiger partial charge in [-0.05, 0) is 45.0 Å². The molecule has 0 spiro atoms. The summed E-state index contributed by atoms with van der Waals surface area (Å²) in [5.74, 6) is 1.43. The van der Waals surface area contributed by atoms with Gasteiger partial charge >= 0.3 is 6.09 Å². The number of nitrogens with one attached hydrogen (secondary N) is 2. The zero-order chi connectivity index (χ0) is 27.6. The Morgan fingerprint density at radius 2 is 1.85 bits per heavy atom. The zero-order valence-electron chi connectivity index (χ0n) is 21.8. The second kappa shape index (κ2) is 10.8. The third kappa shape index (κ3) is 6.20. The number of piperazine rings is 1. The second-order valence-electron chi connectivity index (χ2n) is 9.99. The van der Waals surface area contributed by atoms with Crippen molar-refractivity contribution < 1.29 is 14.3 Å². The number of para-hydroxylation sites is 1. The molecular formula is C27H28ClN7O4. The number of anilines is 3. The number of rotatable bonds is 5. The van der Waals surface area contributed by atoms with Crippen molar-refractivity contribution in [3.63, 3.8) is 0 Å². The summed E-state index contributed by atoms with van der Waals surface area (Å²) < 4.78 is 11.4. The lowest BCUT2D eigenvalue weighted by Crippen LogP contribution is -2.50. The van der Waals surface area contributed by atoms with Crippen LogP contribution in [0.4, 0.5) is 22.1 Å². The third-order valence-electron chi connectivity index (χ3n) is 5.97. The number of carbonyl (C=O) groups excluding carboxylic acids is 1. The molecule has 1 fully saturated rings. The van der Waals surface area contributed by atoms with Crippen LogP contribution in [-0.4, -0.2) is 62.9 Å². The molecule has 1 aliphatic heterocycles. The highest BCUT2D eigenvalue weighted by Gasteiger charge is 2.26. The first kappa shape index (κ1) is 26.2. The van der Waals surface area contributed by atoms with Crippen LogP contribution < -0.4 is 20.5 Å². The van der Waals surface area contributed by atoms with E-state index in [1.54, 1.807) is 47.5 Å². The SMILES string of the molecule is CC(C)(C)OC(=O)N1CCN(c2ccc(Nc3nc(Oc4ccccc4Cl)cc4cn[nH]c(=O)c34)nc2)CC1. The lowest BCUT2D eigenvalue weighted by molar-refractivity contribution is 0.0240. The second-order valence-corrected chi connectivity index (χ2v) is 10.4. The van der Waals surface area contributed by atoms with Gasteiger partial charge in [-0.25, -0.2) is 14.9 Å². The summed E-state index contributed by atoms with van der Waals surface area (Å²) in [5, 5.41) is 10.8. The maximum absolute atomic E-state index is 12.6. The molecule has 1 aromatic carbocycles. The Balaban J connectivity index is 1.32. The molecule has 0 aliphatic carbocycles. The maximum atomic E-state index is 12.6. The van der Waals surface area contributed by atoms with Crippen LogP contribution in [-0.2, 0) is 4.74 Å². The Morgan fingerprint density at radius 1 is 1.08 bits per heavy atom. The highest BCUT2D eigenvalue weighted by molar-refractivity contribution is 6.32. The Hall–Kier alpha value is -4.38. The van der Waals surface area contributed by atoms with Crippen molar-refractivity contribution in [3.05, 3.63) is 70.2 Å². The molecule has 12 heteroatoms. The number of fused-ring (bicyclic) bond motifs is 1. The van der Waals surface area contributed by atoms with E-state index in [-0.39, 0.29) is 17.8 Å². The van der Waals surface area contributed by atoms with E-state index < -0.39 is 11.2 Å². The van der Waals surface area contributed by atoms with Gasteiger partial charge in [0.2, 0.25) is 5.88 Å². The molecule has 202 valence electrons. The average molecular weight is 550 g/mol. The summed E-state index contributed by atoms with van der Waals surface area (Å²) in [7, 11) is 0. The first-order valence-corrected chi connectivity index (χ1v) is 12.8. The van der Waals surface area contributed by atoms with Crippen molar-refractivity contribution >= 4 is 45.8 Å². The van der Waals surface area contributed by atoms with Crippen molar-refractivity contribution in [1.82, 2.24) is 25.1 Å². The number of carbonyl (C=O) groups is 1. The quantitative estimate of drug-likeness (QED) is 0.355. The van der Waals surface area contributed by atoms with Crippen molar-refractivity contribution in [1.29, 1.82) is 0 Å². The average Bonchev–Trinajstić information content (AvgIpc) is 2.90. The number of ether oxygens (including phenoxy) is 2. The van der Waals surface area contributed by atoms with E-state index in [0.717, 1.165) is 5.69 Å². The number of benzene rings is 1. The lowest BCUT2D eigenvalue weighted by atomic mass is 10.2. The first-order valence-electron chi connectivity index (χ1n) is 12.4. The normalized spacial score (nSPS) is 13.8. The minimum atomic E-state index is -0.525. The molecule has 3 aromatic heterocycles. The number of aromatic amines is 1. The fraction of sp³-hybridized carbons (Fsp3) is 0.296. The molecule has 2 N–H and O–H groups in total. The number of H-pyrrole nitrogens is 1. The largest absolute Gasteiger partial charge is 0.444 e. The molecule has 5 rings (SSSR count). The van der Waals surface area contributed by atoms with E-state index >= 15 is 0 Å². The third-order valence-corrected chi connectivity index (χ3v) is 6.28. The molecule has 0 saturated carbocycles. The fourth-order valence-electron chi connectivity index (χ4n) is 4.12. The van der Waals surface area contributed by atoms with Crippen LogP contribution in [0.1, 0.15) is 20.8 Å². The van der Waals surface area contributed by atoms with Crippen molar-refractivity contribution in [2.75, 3.05) is 36.4 Å². The lowest BCUT2D eigenvalue weighted by Gasteiger charge is -2.36. The van der Waals surface area contributed by atoms with Gasteiger partial charge in [0.25, 0.3) is 5.56 Å². The van der Waals surface area contributed by atoms with Gasteiger partial charge in [0, 0.05) is 37.6 Å². The van der Waals surface area contributed by atoms with E-state index in [0.29, 0.717) is 53.5 Å². The summed E-state index contributed by atoms with van der Waals surface area (Å²) in [6, 6.07) is 12.4. The number of hydrogen-bond donors (Lipinski definition) is 2. The number of hydrogen-bond acceptors (Lipinski definition) is 9. The van der Waals surface area contributed by atoms with Gasteiger partial charge in [0.05, 0.1) is 28.5 Å². The van der Waals surface area contributed by atoms with Crippen LogP contribution in [0.25, 0.3) is 10.8 Å². The predicted octanol–water partition coefficient (Wildman–Crippen LogP) is 4.96. The maximum Gasteiger partial charge on any atom is 0.410 e. The van der Waals surface area contributed by atoms with Crippen LogP contribution >= 0.6 is 11.6 Å². The molecule has 39 heavy (non-hydrogen) atoms. The number of aromatic nitrogens is 4. The number of nitrogens with zero attached hydrogens (tertiary/aromatic N) is 5. The van der Waals surface area contributed by atoms with E-state index in [1.807, 2.05) is 26.8 Å². The molecular weight excluding hydrogens is 522 g/mol. The van der Waals surface area contributed by atoms with Gasteiger partial charge < -0.3 is 24.6 Å². The van der Waals surface area contributed by atoms with E-state index in [4.69, 9.17) is 21.1 Å². The summed E-state index contributed by atoms with van der Waals surface area (Å²) in [4.78, 5) is 37.9. The Bertz CT molecular complexity index is 1540. The molecule has 1 saturated heterocycles. The molecule has 0 radical (unpaired) electrons. The molecule has 4 heterocycles. The van der Waals surface area contributed by atoms with Gasteiger partial charge in [-0.2, -0.15) is 10.1 Å². The molecule has 0 unspecified atom stereocenters. The van der Waals surface area contributed by atoms with Gasteiger partial charge in [0.1, 0.15) is 23.0 Å². The molecule has 0 atom stereocenters. The Labute approximate surface area is 229 Å². The van der Waals surface area contributed by atoms with Crippen molar-refractivity contribution in [3.8, 4) is 11.6 Å². The van der Waals surface area contributed by atoms with Gasteiger partial charge in [-0.3, -0.25) is 4.79 Å². The summed E-state index contributed by atoms with van der Waals surface area (Å²) in [6.07, 6.45) is 2.96. The molecule has 11 nitrogen and oxygen atoms in total. The minimum Gasteiger partial charge on any atom is -0.444 e. The smallest absolute Gasteiger partial charge is 0.410 e. The molecule has 0 bridgehead atoms. The zero-order valence-corrected chi connectivity index (χ0v) is 22.5. The highest BCUT2D eigenvalue weighted by Crippen LogP contribution is 2.31. The van der Waals surface area contributed by atoms with E-state index in [9.17, 15) is 9.59 Å². The van der Waals surface area contributed by atoms with Gasteiger partial charge in [-0.1, -0.05) is 23.7 Å². The number of pyridine rings is 2. The van der Waals surface area contributed by atoms with Crippen LogP contribution in [0, 0.1) is 0 Å². The van der Waals surface area contributed by atoms with Gasteiger partial charge in [0.15, 0.2) is 0 Å². The first-order chi connectivity index (χ1) is 18.7. The molecule has 4 aromatic rings. The van der Waals surface area contributed by atoms with Crippen LogP contribution in [0.5, 0.6) is 11.6 Å². The van der Waals surface area contributed by atoms with E-state index in [2.05, 4.69) is 30.4 Å². The molecule has 1 aliphatic rings. The summed E-state index contributed by atoms with van der Waals surface area (Å²) in [5.41, 5.74) is -0.00527. The topological polar surface area (TPSA) is 126 Å². The summed E-state index contributed by atoms with van der Waals surface area (Å²) >= 11 is 6.24. The standard InChI is InChI=1S/C27H28ClN7O4/c1-27(2,3)39-26(37)35-12-10-34(11-13-35)18-8-9-21(29-16-18)31-24-23-17(15-30-33-25(23)36)14-22(32-24)38-20-7-5-4-6-19(20)28/h4-9,14-16H,10-13H2,1-3H3,(H,33,36)(H,29,31,32).